The van der Waals surface area contributed by atoms with Crippen molar-refractivity contribution in [1.29, 1.82) is 0 Å². The van der Waals surface area contributed by atoms with Crippen molar-refractivity contribution in [2.45, 2.75) is 4.90 Å². The lowest BCUT2D eigenvalue weighted by Gasteiger charge is -2.13. The molecule has 7 heteroatoms. The van der Waals surface area contributed by atoms with Crippen LogP contribution in [0.15, 0.2) is 41.3 Å². The summed E-state index contributed by atoms with van der Waals surface area (Å²) >= 11 is 0. The summed E-state index contributed by atoms with van der Waals surface area (Å²) in [5.41, 5.74) is 0.729. The minimum atomic E-state index is -4.16. The minimum absolute atomic E-state index is 0.0956. The highest BCUT2D eigenvalue weighted by Gasteiger charge is 2.22. The van der Waals surface area contributed by atoms with Crippen LogP contribution in [-0.2, 0) is 10.0 Å². The molecule has 2 rings (SSSR count). The number of rotatable bonds is 5. The Bertz CT molecular complexity index is 872. The molecular weight excluding hydrogens is 321 g/mol. The third-order valence-corrected chi connectivity index (χ3v) is 4.41. The Balaban J connectivity index is 2.45. The van der Waals surface area contributed by atoms with Crippen LogP contribution in [0, 0.1) is 18.2 Å². The summed E-state index contributed by atoms with van der Waals surface area (Å²) in [7, 11) is -1.50. The average molecular weight is 335 g/mol. The summed E-state index contributed by atoms with van der Waals surface area (Å²) in [6, 6.07) is 8.23. The van der Waals surface area contributed by atoms with E-state index in [2.05, 4.69) is 10.6 Å². The van der Waals surface area contributed by atoms with Gasteiger partial charge in [0.1, 0.15) is 10.7 Å². The number of methoxy groups -OCH3 is 2. The molecule has 0 unspecified atom stereocenters. The molecule has 120 valence electrons. The second-order valence-corrected chi connectivity index (χ2v) is 6.12. The van der Waals surface area contributed by atoms with Crippen molar-refractivity contribution in [1.82, 2.24) is 0 Å². The molecule has 0 radical (unpaired) electrons. The second kappa shape index (κ2) is 6.58. The van der Waals surface area contributed by atoms with E-state index >= 15 is 0 Å². The maximum absolute atomic E-state index is 14.1. The van der Waals surface area contributed by atoms with Gasteiger partial charge in [-0.05, 0) is 18.2 Å². The van der Waals surface area contributed by atoms with Crippen molar-refractivity contribution in [2.24, 2.45) is 0 Å². The summed E-state index contributed by atoms with van der Waals surface area (Å²) in [5, 5.41) is 0. The molecule has 0 fully saturated rings. The van der Waals surface area contributed by atoms with Crippen molar-refractivity contribution in [3.05, 3.63) is 47.8 Å². The van der Waals surface area contributed by atoms with Crippen LogP contribution < -0.4 is 14.2 Å². The molecule has 1 N–H and O–H groups in total. The van der Waals surface area contributed by atoms with Gasteiger partial charge in [0.15, 0.2) is 11.5 Å². The number of hydrogen-bond acceptors (Lipinski definition) is 4. The van der Waals surface area contributed by atoms with Gasteiger partial charge >= 0.3 is 0 Å². The van der Waals surface area contributed by atoms with E-state index in [1.807, 2.05) is 0 Å². The Morgan fingerprint density at radius 2 is 1.78 bits per heavy atom. The Kier molecular flexibility index (Phi) is 4.77. The summed E-state index contributed by atoms with van der Waals surface area (Å²) in [6.45, 7) is 0. The van der Waals surface area contributed by atoms with Crippen LogP contribution in [0.4, 0.5) is 10.1 Å². The number of sulfonamides is 1. The fourth-order valence-corrected chi connectivity index (χ4v) is 3.05. The van der Waals surface area contributed by atoms with E-state index in [1.54, 1.807) is 12.1 Å². The predicted molar refractivity (Wildman–Crippen MR) is 84.7 cm³/mol. The van der Waals surface area contributed by atoms with Crippen LogP contribution in [0.2, 0.25) is 0 Å². The van der Waals surface area contributed by atoms with Gasteiger partial charge in [-0.2, -0.15) is 0 Å². The zero-order valence-corrected chi connectivity index (χ0v) is 13.3. The van der Waals surface area contributed by atoms with Crippen molar-refractivity contribution < 1.29 is 22.3 Å². The quantitative estimate of drug-likeness (QED) is 0.853. The zero-order valence-electron chi connectivity index (χ0n) is 12.5. The highest BCUT2D eigenvalue weighted by atomic mass is 32.2. The van der Waals surface area contributed by atoms with E-state index in [1.165, 1.54) is 26.4 Å². The maximum Gasteiger partial charge on any atom is 0.264 e. The Labute approximate surface area is 134 Å². The van der Waals surface area contributed by atoms with Crippen LogP contribution in [-0.4, -0.2) is 22.6 Å². The number of nitrogens with one attached hydrogen (secondary N) is 1. The molecule has 0 aliphatic rings. The highest BCUT2D eigenvalue weighted by Crippen LogP contribution is 2.32. The number of benzene rings is 2. The second-order valence-electron chi connectivity index (χ2n) is 4.47. The molecule has 2 aromatic carbocycles. The van der Waals surface area contributed by atoms with E-state index in [9.17, 15) is 12.8 Å². The number of anilines is 1. The van der Waals surface area contributed by atoms with E-state index < -0.39 is 20.7 Å². The average Bonchev–Trinajstić information content (AvgIpc) is 2.53. The van der Waals surface area contributed by atoms with Gasteiger partial charge in [-0.3, -0.25) is 4.72 Å². The van der Waals surface area contributed by atoms with Crippen LogP contribution in [0.1, 0.15) is 5.56 Å². The first-order chi connectivity index (χ1) is 10.9. The fourth-order valence-electron chi connectivity index (χ4n) is 1.92. The summed E-state index contributed by atoms with van der Waals surface area (Å²) in [6.07, 6.45) is 5.27. The third kappa shape index (κ3) is 3.55. The Morgan fingerprint density at radius 1 is 1.13 bits per heavy atom. The molecule has 0 saturated carbocycles. The maximum atomic E-state index is 14.1. The molecule has 0 spiro atoms. The first kappa shape index (κ1) is 16.6. The van der Waals surface area contributed by atoms with Gasteiger partial charge in [0.25, 0.3) is 10.0 Å². The van der Waals surface area contributed by atoms with Gasteiger partial charge in [-0.25, -0.2) is 12.8 Å². The van der Waals surface area contributed by atoms with E-state index in [-0.39, 0.29) is 17.2 Å². The molecule has 0 bridgehead atoms. The smallest absolute Gasteiger partial charge is 0.264 e. The molecule has 0 aromatic heterocycles. The summed E-state index contributed by atoms with van der Waals surface area (Å²) < 4.78 is 51.1. The van der Waals surface area contributed by atoms with Crippen molar-refractivity contribution in [3.8, 4) is 23.8 Å². The Hall–Kier alpha value is -2.72. The first-order valence-corrected chi connectivity index (χ1v) is 7.90. The zero-order chi connectivity index (χ0) is 17.0. The van der Waals surface area contributed by atoms with E-state index in [4.69, 9.17) is 15.9 Å². The van der Waals surface area contributed by atoms with Crippen LogP contribution in [0.3, 0.4) is 0 Å². The third-order valence-electron chi connectivity index (χ3n) is 3.01. The summed E-state index contributed by atoms with van der Waals surface area (Å²) in [4.78, 5) is -0.554. The van der Waals surface area contributed by atoms with Crippen LogP contribution >= 0.6 is 0 Å². The van der Waals surface area contributed by atoms with E-state index in [0.29, 0.717) is 5.56 Å². The number of halogens is 1. The lowest BCUT2D eigenvalue weighted by Crippen LogP contribution is -2.15. The molecule has 0 aliphatic carbocycles. The van der Waals surface area contributed by atoms with Crippen LogP contribution in [0.5, 0.6) is 11.5 Å². The van der Waals surface area contributed by atoms with Gasteiger partial charge in [0.2, 0.25) is 0 Å². The lowest BCUT2D eigenvalue weighted by molar-refractivity contribution is 0.350. The molecular formula is C16H14FNO4S. The first-order valence-electron chi connectivity index (χ1n) is 6.42. The molecule has 0 amide bonds. The molecule has 2 aromatic rings. The monoisotopic (exact) mass is 335 g/mol. The van der Waals surface area contributed by atoms with Crippen molar-refractivity contribution in [3.63, 3.8) is 0 Å². The number of terminal acetylenes is 1. The summed E-state index contributed by atoms with van der Waals surface area (Å²) in [5.74, 6) is 1.64. The predicted octanol–water partition coefficient (Wildman–Crippen LogP) is 2.63. The SMILES string of the molecule is C#Cc1cccc(NS(=O)(=O)c2cc(OC)c(OC)cc2F)c1. The van der Waals surface area contributed by atoms with Gasteiger partial charge in [0, 0.05) is 17.7 Å². The van der Waals surface area contributed by atoms with Gasteiger partial charge in [-0.15, -0.1) is 6.42 Å². The van der Waals surface area contributed by atoms with Crippen molar-refractivity contribution >= 4 is 15.7 Å². The molecule has 0 heterocycles. The molecule has 23 heavy (non-hydrogen) atoms. The van der Waals surface area contributed by atoms with Crippen molar-refractivity contribution in [2.75, 3.05) is 18.9 Å². The molecule has 0 aliphatic heterocycles. The van der Waals surface area contributed by atoms with Gasteiger partial charge < -0.3 is 9.47 Å². The molecule has 0 saturated heterocycles. The van der Waals surface area contributed by atoms with E-state index in [0.717, 1.165) is 12.1 Å². The van der Waals surface area contributed by atoms with Crippen LogP contribution in [0.25, 0.3) is 0 Å². The number of ether oxygens (including phenoxy) is 2. The standard InChI is InChI=1S/C16H14FNO4S/c1-4-11-6-5-7-12(8-11)18-23(19,20)16-10-15(22-3)14(21-2)9-13(16)17/h1,5-10,18H,2-3H3. The lowest BCUT2D eigenvalue weighted by atomic mass is 10.2. The Morgan fingerprint density at radius 3 is 2.39 bits per heavy atom. The fraction of sp³-hybridized carbons (Fsp3) is 0.125. The topological polar surface area (TPSA) is 64.6 Å². The van der Waals surface area contributed by atoms with Gasteiger partial charge in [0.05, 0.1) is 19.9 Å². The normalized spacial score (nSPS) is 10.7. The largest absolute Gasteiger partial charge is 0.493 e. The highest BCUT2D eigenvalue weighted by molar-refractivity contribution is 7.92. The number of hydrogen-bond donors (Lipinski definition) is 1. The molecule has 5 nitrogen and oxygen atoms in total. The van der Waals surface area contributed by atoms with Gasteiger partial charge in [-0.1, -0.05) is 12.0 Å². The molecule has 0 atom stereocenters. The minimum Gasteiger partial charge on any atom is -0.493 e.